The third kappa shape index (κ3) is 3.76. The second-order valence-electron chi connectivity index (χ2n) is 6.43. The number of aromatic nitrogens is 1. The highest BCUT2D eigenvalue weighted by Crippen LogP contribution is 2.37. The zero-order valence-electron chi connectivity index (χ0n) is 12.8. The van der Waals surface area contributed by atoms with Gasteiger partial charge in [-0.1, -0.05) is 6.42 Å². The van der Waals surface area contributed by atoms with Gasteiger partial charge in [-0.2, -0.15) is 0 Å². The molecule has 1 aromatic rings. The Morgan fingerprint density at radius 3 is 2.81 bits per heavy atom. The van der Waals surface area contributed by atoms with E-state index in [1.165, 1.54) is 24.3 Å². The number of hydrogen-bond acceptors (Lipinski definition) is 3. The van der Waals surface area contributed by atoms with E-state index in [1.54, 1.807) is 11.3 Å². The molecule has 2 amide bonds. The highest BCUT2D eigenvalue weighted by Gasteiger charge is 2.37. The summed E-state index contributed by atoms with van der Waals surface area (Å²) in [5.41, 5.74) is 1.11. The van der Waals surface area contributed by atoms with Gasteiger partial charge in [0.15, 0.2) is 0 Å². The zero-order chi connectivity index (χ0) is 14.7. The van der Waals surface area contributed by atoms with Crippen LogP contribution >= 0.6 is 11.3 Å². The van der Waals surface area contributed by atoms with E-state index in [0.29, 0.717) is 0 Å². The number of carbonyl (C=O) groups excluding carboxylic acids is 1. The standard InChI is InChI=1S/C16H25N3OS/c1-12-11-21-15(18-12)7-2-3-8-17-16(20)19-9-13-5-4-6-14(13)10-19/h11,13-14H,2-10H2,1H3,(H,17,20)/t13-,14-/m0/s1. The van der Waals surface area contributed by atoms with E-state index in [4.69, 9.17) is 0 Å². The summed E-state index contributed by atoms with van der Waals surface area (Å²) in [6.45, 7) is 4.78. The average molecular weight is 307 g/mol. The van der Waals surface area contributed by atoms with E-state index in [2.05, 4.69) is 15.7 Å². The molecule has 1 N–H and O–H groups in total. The van der Waals surface area contributed by atoms with E-state index in [1.807, 2.05) is 11.8 Å². The van der Waals surface area contributed by atoms with Crippen molar-refractivity contribution < 1.29 is 4.79 Å². The van der Waals surface area contributed by atoms with Crippen LogP contribution in [0.1, 0.15) is 42.8 Å². The number of unbranched alkanes of at least 4 members (excludes halogenated alkanes) is 1. The van der Waals surface area contributed by atoms with Crippen molar-refractivity contribution in [3.05, 3.63) is 16.1 Å². The molecule has 1 aromatic heterocycles. The van der Waals surface area contributed by atoms with Gasteiger partial charge in [-0.15, -0.1) is 11.3 Å². The number of nitrogens with one attached hydrogen (secondary N) is 1. The maximum Gasteiger partial charge on any atom is 0.317 e. The molecule has 0 unspecified atom stereocenters. The Kier molecular flexibility index (Phi) is 4.78. The fourth-order valence-electron chi connectivity index (χ4n) is 3.63. The summed E-state index contributed by atoms with van der Waals surface area (Å²) < 4.78 is 0. The normalized spacial score (nSPS) is 24.3. The van der Waals surface area contributed by atoms with Crippen molar-refractivity contribution in [2.75, 3.05) is 19.6 Å². The molecule has 0 radical (unpaired) electrons. The van der Waals surface area contributed by atoms with Gasteiger partial charge < -0.3 is 10.2 Å². The molecule has 0 aromatic carbocycles. The van der Waals surface area contributed by atoms with E-state index in [9.17, 15) is 4.79 Å². The van der Waals surface area contributed by atoms with Gasteiger partial charge in [0.2, 0.25) is 0 Å². The Morgan fingerprint density at radius 2 is 2.14 bits per heavy atom. The molecule has 4 nitrogen and oxygen atoms in total. The SMILES string of the molecule is Cc1csc(CCCCNC(=O)N2C[C@@H]3CCC[C@H]3C2)n1. The summed E-state index contributed by atoms with van der Waals surface area (Å²) in [6, 6.07) is 0.148. The summed E-state index contributed by atoms with van der Waals surface area (Å²) in [4.78, 5) is 18.6. The number of carbonyl (C=O) groups is 1. The predicted molar refractivity (Wildman–Crippen MR) is 85.6 cm³/mol. The van der Waals surface area contributed by atoms with Crippen LogP contribution in [0.25, 0.3) is 0 Å². The molecule has 1 aliphatic carbocycles. The molecule has 116 valence electrons. The maximum atomic E-state index is 12.1. The first-order chi connectivity index (χ1) is 10.2. The molecule has 3 rings (SSSR count). The summed E-state index contributed by atoms with van der Waals surface area (Å²) in [5.74, 6) is 1.56. The van der Waals surface area contributed by atoms with Crippen LogP contribution in [0, 0.1) is 18.8 Å². The number of thiazole rings is 1. The number of nitrogens with zero attached hydrogens (tertiary/aromatic N) is 2. The molecule has 0 bridgehead atoms. The van der Waals surface area contributed by atoms with Crippen molar-refractivity contribution in [1.29, 1.82) is 0 Å². The van der Waals surface area contributed by atoms with Gasteiger partial charge in [-0.05, 0) is 50.9 Å². The second-order valence-corrected chi connectivity index (χ2v) is 7.37. The lowest BCUT2D eigenvalue weighted by Crippen LogP contribution is -2.39. The lowest BCUT2D eigenvalue weighted by atomic mass is 10.0. The van der Waals surface area contributed by atoms with E-state index < -0.39 is 0 Å². The zero-order valence-corrected chi connectivity index (χ0v) is 13.6. The van der Waals surface area contributed by atoms with Crippen LogP contribution in [-0.2, 0) is 6.42 Å². The number of hydrogen-bond donors (Lipinski definition) is 1. The van der Waals surface area contributed by atoms with Crippen LogP contribution < -0.4 is 5.32 Å². The minimum absolute atomic E-state index is 0.148. The first-order valence-corrected chi connectivity index (χ1v) is 9.04. The van der Waals surface area contributed by atoms with Crippen molar-refractivity contribution in [3.63, 3.8) is 0 Å². The van der Waals surface area contributed by atoms with Crippen molar-refractivity contribution in [2.24, 2.45) is 11.8 Å². The Morgan fingerprint density at radius 1 is 1.38 bits per heavy atom. The van der Waals surface area contributed by atoms with Crippen molar-refractivity contribution in [2.45, 2.75) is 45.4 Å². The second kappa shape index (κ2) is 6.77. The maximum absolute atomic E-state index is 12.1. The Hall–Kier alpha value is -1.10. The smallest absolute Gasteiger partial charge is 0.317 e. The Bertz CT molecular complexity index is 476. The van der Waals surface area contributed by atoms with E-state index in [-0.39, 0.29) is 6.03 Å². The molecule has 5 heteroatoms. The molecule has 2 heterocycles. The number of likely N-dealkylation sites (tertiary alicyclic amines) is 1. The lowest BCUT2D eigenvalue weighted by Gasteiger charge is -2.18. The largest absolute Gasteiger partial charge is 0.338 e. The topological polar surface area (TPSA) is 45.2 Å². The van der Waals surface area contributed by atoms with Crippen LogP contribution in [0.5, 0.6) is 0 Å². The fourth-order valence-corrected chi connectivity index (χ4v) is 4.44. The average Bonchev–Trinajstić information content (AvgIpc) is 3.13. The molecule has 2 aliphatic rings. The number of urea groups is 1. The van der Waals surface area contributed by atoms with E-state index in [0.717, 1.165) is 56.4 Å². The molecule has 2 fully saturated rings. The lowest BCUT2D eigenvalue weighted by molar-refractivity contribution is 0.205. The molecule has 1 saturated carbocycles. The molecule has 21 heavy (non-hydrogen) atoms. The summed E-state index contributed by atoms with van der Waals surface area (Å²) >= 11 is 1.74. The summed E-state index contributed by atoms with van der Waals surface area (Å²) in [7, 11) is 0. The van der Waals surface area contributed by atoms with Crippen LogP contribution in [0.2, 0.25) is 0 Å². The van der Waals surface area contributed by atoms with Crippen LogP contribution in [-0.4, -0.2) is 35.5 Å². The predicted octanol–water partition coefficient (Wildman–Crippen LogP) is 3.22. The van der Waals surface area contributed by atoms with Crippen molar-refractivity contribution >= 4 is 17.4 Å². The number of amides is 2. The van der Waals surface area contributed by atoms with Gasteiger partial charge in [-0.25, -0.2) is 9.78 Å². The molecule has 0 spiro atoms. The Labute approximate surface area is 130 Å². The van der Waals surface area contributed by atoms with Gasteiger partial charge in [0.25, 0.3) is 0 Å². The first-order valence-electron chi connectivity index (χ1n) is 8.16. The molecular formula is C16H25N3OS. The van der Waals surface area contributed by atoms with Crippen LogP contribution in [0.3, 0.4) is 0 Å². The fraction of sp³-hybridized carbons (Fsp3) is 0.750. The highest BCUT2D eigenvalue weighted by molar-refractivity contribution is 7.09. The minimum atomic E-state index is 0.148. The molecule has 1 aliphatic heterocycles. The van der Waals surface area contributed by atoms with Gasteiger partial charge in [-0.3, -0.25) is 0 Å². The third-order valence-electron chi connectivity index (χ3n) is 4.77. The van der Waals surface area contributed by atoms with E-state index >= 15 is 0 Å². The highest BCUT2D eigenvalue weighted by atomic mass is 32.1. The number of fused-ring (bicyclic) bond motifs is 1. The van der Waals surface area contributed by atoms with Gasteiger partial charge in [0, 0.05) is 30.7 Å². The first kappa shape index (κ1) is 14.8. The number of rotatable bonds is 5. The van der Waals surface area contributed by atoms with Crippen LogP contribution in [0.15, 0.2) is 5.38 Å². The van der Waals surface area contributed by atoms with Gasteiger partial charge in [0.05, 0.1) is 5.01 Å². The molecule has 2 atom stereocenters. The monoisotopic (exact) mass is 307 g/mol. The van der Waals surface area contributed by atoms with Crippen LogP contribution in [0.4, 0.5) is 4.79 Å². The molecular weight excluding hydrogens is 282 g/mol. The summed E-state index contributed by atoms with van der Waals surface area (Å²) in [6.07, 6.45) is 7.16. The summed E-state index contributed by atoms with van der Waals surface area (Å²) in [5, 5.41) is 6.39. The quantitative estimate of drug-likeness (QED) is 0.849. The van der Waals surface area contributed by atoms with Gasteiger partial charge >= 0.3 is 6.03 Å². The Balaban J connectivity index is 1.30. The van der Waals surface area contributed by atoms with Crippen molar-refractivity contribution in [1.82, 2.24) is 15.2 Å². The number of aryl methyl sites for hydroxylation is 2. The minimum Gasteiger partial charge on any atom is -0.338 e. The van der Waals surface area contributed by atoms with Gasteiger partial charge in [0.1, 0.15) is 0 Å². The van der Waals surface area contributed by atoms with Crippen molar-refractivity contribution in [3.8, 4) is 0 Å². The third-order valence-corrected chi connectivity index (χ3v) is 5.80. The molecule has 1 saturated heterocycles.